The van der Waals surface area contributed by atoms with Crippen LogP contribution >= 0.6 is 0 Å². The number of carboxylic acids is 1. The standard InChI is InChI=1S/C30H48O4/c1-18(9-8-10-19(2)26(33)34)20-13-15-28(5)21(20)11-12-23-29(28,6)16-14-22-27(3,4)24(31)17-25(32)30(22,23)7/h10-11,18,20,22-25,31-32H,8-9,12-17H2,1-7H3,(H,33,34)/b19-10+/t18-,20-,22-,23-,24-,25+,28+,29-,30+/m0/s1. The number of hydrogen-bond donors (Lipinski definition) is 3. The first-order chi connectivity index (χ1) is 15.7. The van der Waals surface area contributed by atoms with Crippen LogP contribution in [0.1, 0.15) is 99.8 Å². The zero-order valence-electron chi connectivity index (χ0n) is 22.5. The van der Waals surface area contributed by atoms with E-state index >= 15 is 0 Å². The molecule has 3 fully saturated rings. The Bertz CT molecular complexity index is 886. The fourth-order valence-electron chi connectivity index (χ4n) is 9.50. The van der Waals surface area contributed by atoms with Crippen LogP contribution < -0.4 is 0 Å². The summed E-state index contributed by atoms with van der Waals surface area (Å²) in [6.07, 6.45) is 11.5. The molecule has 0 aromatic heterocycles. The van der Waals surface area contributed by atoms with E-state index in [1.54, 1.807) is 12.5 Å². The first kappa shape index (κ1) is 25.9. The quantitative estimate of drug-likeness (QED) is 0.321. The molecule has 3 N–H and O–H groups in total. The lowest BCUT2D eigenvalue weighted by atomic mass is 9.36. The van der Waals surface area contributed by atoms with E-state index in [1.807, 2.05) is 6.08 Å². The summed E-state index contributed by atoms with van der Waals surface area (Å²) in [7, 11) is 0. The van der Waals surface area contributed by atoms with Crippen molar-refractivity contribution >= 4 is 5.97 Å². The van der Waals surface area contributed by atoms with Crippen LogP contribution in [-0.4, -0.2) is 33.5 Å². The van der Waals surface area contributed by atoms with Crippen molar-refractivity contribution in [3.05, 3.63) is 23.3 Å². The second-order valence-corrected chi connectivity index (χ2v) is 13.6. The smallest absolute Gasteiger partial charge is 0.330 e. The largest absolute Gasteiger partial charge is 0.478 e. The molecule has 34 heavy (non-hydrogen) atoms. The Morgan fingerprint density at radius 1 is 1.09 bits per heavy atom. The molecular weight excluding hydrogens is 424 g/mol. The van der Waals surface area contributed by atoms with Crippen LogP contribution in [0.5, 0.6) is 0 Å². The van der Waals surface area contributed by atoms with E-state index < -0.39 is 18.2 Å². The van der Waals surface area contributed by atoms with Gasteiger partial charge >= 0.3 is 5.97 Å². The molecule has 3 saturated carbocycles. The number of carbonyl (C=O) groups is 1. The van der Waals surface area contributed by atoms with Crippen molar-refractivity contribution < 1.29 is 20.1 Å². The van der Waals surface area contributed by atoms with Crippen molar-refractivity contribution in [3.63, 3.8) is 0 Å². The SMILES string of the molecule is C/C(=C\CC[C@H](C)[C@@H]1CC[C@]2(C)C1=CC[C@@H]1[C@]3(C)[C@H](O)C[C@H](O)C(C)(C)[C@@H]3CC[C@@]12C)C(=O)O. The maximum Gasteiger partial charge on any atom is 0.330 e. The number of rotatable bonds is 5. The predicted molar refractivity (Wildman–Crippen MR) is 136 cm³/mol. The van der Waals surface area contributed by atoms with Crippen LogP contribution in [0, 0.1) is 45.3 Å². The molecule has 0 heterocycles. The summed E-state index contributed by atoms with van der Waals surface area (Å²) < 4.78 is 0. The second-order valence-electron chi connectivity index (χ2n) is 13.6. The van der Waals surface area contributed by atoms with Crippen LogP contribution in [-0.2, 0) is 4.79 Å². The van der Waals surface area contributed by atoms with Gasteiger partial charge in [-0.25, -0.2) is 4.79 Å². The Hall–Kier alpha value is -1.13. The van der Waals surface area contributed by atoms with Gasteiger partial charge in [0.1, 0.15) is 0 Å². The zero-order valence-corrected chi connectivity index (χ0v) is 22.5. The third kappa shape index (κ3) is 3.49. The monoisotopic (exact) mass is 472 g/mol. The van der Waals surface area contributed by atoms with Crippen molar-refractivity contribution in [2.24, 2.45) is 45.3 Å². The lowest BCUT2D eigenvalue weighted by Gasteiger charge is -2.69. The molecule has 9 atom stereocenters. The molecule has 0 saturated heterocycles. The molecule has 0 aliphatic heterocycles. The van der Waals surface area contributed by atoms with Crippen molar-refractivity contribution in [1.29, 1.82) is 0 Å². The molecule has 4 aliphatic rings. The van der Waals surface area contributed by atoms with Gasteiger partial charge in [-0.05, 0) is 91.8 Å². The van der Waals surface area contributed by atoms with E-state index in [-0.39, 0.29) is 21.7 Å². The molecule has 4 heteroatoms. The van der Waals surface area contributed by atoms with Gasteiger partial charge in [-0.15, -0.1) is 0 Å². The number of aliphatic hydroxyl groups excluding tert-OH is 2. The van der Waals surface area contributed by atoms with E-state index in [1.165, 1.54) is 12.8 Å². The maximum atomic E-state index is 11.4. The third-order valence-electron chi connectivity index (χ3n) is 12.1. The Kier molecular flexibility index (Phi) is 6.47. The zero-order chi connectivity index (χ0) is 25.3. The first-order valence-electron chi connectivity index (χ1n) is 13.7. The topological polar surface area (TPSA) is 77.8 Å². The molecule has 192 valence electrons. The van der Waals surface area contributed by atoms with Crippen molar-refractivity contribution in [2.75, 3.05) is 0 Å². The lowest BCUT2D eigenvalue weighted by molar-refractivity contribution is -0.237. The summed E-state index contributed by atoms with van der Waals surface area (Å²) in [5, 5.41) is 31.4. The summed E-state index contributed by atoms with van der Waals surface area (Å²) in [5.74, 6) is 1.04. The number of carboxylic acid groups (broad SMARTS) is 1. The van der Waals surface area contributed by atoms with Gasteiger partial charge in [0.25, 0.3) is 0 Å². The highest BCUT2D eigenvalue weighted by Crippen LogP contribution is 2.74. The molecule has 0 aromatic carbocycles. The first-order valence-corrected chi connectivity index (χ1v) is 13.7. The Morgan fingerprint density at radius 3 is 2.41 bits per heavy atom. The summed E-state index contributed by atoms with van der Waals surface area (Å²) in [6.45, 7) is 15.8. The van der Waals surface area contributed by atoms with E-state index in [4.69, 9.17) is 5.11 Å². The highest BCUT2D eigenvalue weighted by Gasteiger charge is 2.69. The van der Waals surface area contributed by atoms with Gasteiger partial charge in [-0.2, -0.15) is 0 Å². The molecular formula is C30H48O4. The van der Waals surface area contributed by atoms with Gasteiger partial charge in [0.05, 0.1) is 12.2 Å². The number of allylic oxidation sites excluding steroid dienone is 3. The van der Waals surface area contributed by atoms with Crippen molar-refractivity contribution in [1.82, 2.24) is 0 Å². The van der Waals surface area contributed by atoms with Crippen molar-refractivity contribution in [2.45, 2.75) is 112 Å². The van der Waals surface area contributed by atoms with Gasteiger partial charge in [0.2, 0.25) is 0 Å². The lowest BCUT2D eigenvalue weighted by Crippen LogP contribution is -2.66. The van der Waals surface area contributed by atoms with E-state index in [0.29, 0.717) is 35.7 Å². The molecule has 0 unspecified atom stereocenters. The van der Waals surface area contributed by atoms with Gasteiger partial charge < -0.3 is 15.3 Å². The fourth-order valence-corrected chi connectivity index (χ4v) is 9.50. The normalized spacial score (nSPS) is 46.7. The average molecular weight is 473 g/mol. The minimum atomic E-state index is -0.820. The molecule has 4 rings (SSSR count). The van der Waals surface area contributed by atoms with Crippen LogP contribution in [0.2, 0.25) is 0 Å². The average Bonchev–Trinajstić information content (AvgIpc) is 3.11. The minimum absolute atomic E-state index is 0.148. The summed E-state index contributed by atoms with van der Waals surface area (Å²) in [4.78, 5) is 11.1. The number of fused-ring (bicyclic) bond motifs is 5. The molecule has 0 radical (unpaired) electrons. The van der Waals surface area contributed by atoms with Crippen LogP contribution in [0.15, 0.2) is 23.3 Å². The van der Waals surface area contributed by atoms with Gasteiger partial charge in [0, 0.05) is 17.4 Å². The number of hydrogen-bond acceptors (Lipinski definition) is 3. The highest BCUT2D eigenvalue weighted by molar-refractivity contribution is 5.85. The molecule has 4 nitrogen and oxygen atoms in total. The summed E-state index contributed by atoms with van der Waals surface area (Å²) >= 11 is 0. The van der Waals surface area contributed by atoms with Crippen LogP contribution in [0.25, 0.3) is 0 Å². The Balaban J connectivity index is 1.62. The number of aliphatic hydroxyl groups is 2. The van der Waals surface area contributed by atoms with E-state index in [9.17, 15) is 15.0 Å². The predicted octanol–water partition coefficient (Wildman–Crippen LogP) is 6.37. The molecule has 4 aliphatic carbocycles. The molecule has 0 spiro atoms. The van der Waals surface area contributed by atoms with Gasteiger partial charge in [0.15, 0.2) is 0 Å². The Morgan fingerprint density at radius 2 is 1.76 bits per heavy atom. The minimum Gasteiger partial charge on any atom is -0.478 e. The maximum absolute atomic E-state index is 11.4. The van der Waals surface area contributed by atoms with Gasteiger partial charge in [-0.3, -0.25) is 0 Å². The summed E-state index contributed by atoms with van der Waals surface area (Å²) in [6, 6.07) is 0. The summed E-state index contributed by atoms with van der Waals surface area (Å²) in [5.41, 5.74) is 2.04. The molecule has 0 bridgehead atoms. The van der Waals surface area contributed by atoms with E-state index in [2.05, 4.69) is 47.6 Å². The highest BCUT2D eigenvalue weighted by atomic mass is 16.4. The molecule has 0 amide bonds. The van der Waals surface area contributed by atoms with Crippen LogP contribution in [0.4, 0.5) is 0 Å². The number of aliphatic carboxylic acids is 1. The Labute approximate surface area is 206 Å². The molecule has 0 aromatic rings. The van der Waals surface area contributed by atoms with Crippen molar-refractivity contribution in [3.8, 4) is 0 Å². The van der Waals surface area contributed by atoms with Crippen LogP contribution in [0.3, 0.4) is 0 Å². The second kappa shape index (κ2) is 8.47. The van der Waals surface area contributed by atoms with E-state index in [0.717, 1.165) is 32.1 Å². The fraction of sp³-hybridized carbons (Fsp3) is 0.833. The van der Waals surface area contributed by atoms with Gasteiger partial charge in [-0.1, -0.05) is 59.3 Å². The third-order valence-corrected chi connectivity index (χ3v) is 12.1.